The van der Waals surface area contributed by atoms with Crippen LogP contribution in [0.1, 0.15) is 162 Å². The van der Waals surface area contributed by atoms with Crippen molar-refractivity contribution in [2.24, 2.45) is 5.73 Å². The van der Waals surface area contributed by atoms with Crippen LogP contribution in [0, 0.1) is 0 Å². The van der Waals surface area contributed by atoms with Crippen molar-refractivity contribution >= 4 is 19.8 Å². The lowest BCUT2D eigenvalue weighted by Crippen LogP contribution is -2.29. The largest absolute Gasteiger partial charge is 0.472 e. The van der Waals surface area contributed by atoms with Gasteiger partial charge in [0, 0.05) is 19.4 Å². The van der Waals surface area contributed by atoms with Gasteiger partial charge >= 0.3 is 19.8 Å². The minimum Gasteiger partial charge on any atom is -0.462 e. The van der Waals surface area contributed by atoms with E-state index in [4.69, 9.17) is 24.3 Å². The predicted octanol–water partition coefficient (Wildman–Crippen LogP) is 10.2. The average Bonchev–Trinajstić information content (AvgIpc) is 3.07. The van der Waals surface area contributed by atoms with E-state index in [9.17, 15) is 19.0 Å². The molecule has 9 nitrogen and oxygen atoms in total. The van der Waals surface area contributed by atoms with Crippen LogP contribution in [0.4, 0.5) is 0 Å². The summed E-state index contributed by atoms with van der Waals surface area (Å²) in [6.07, 6.45) is 36.0. The molecule has 0 aliphatic rings. The summed E-state index contributed by atoms with van der Waals surface area (Å²) < 4.78 is 32.6. The lowest BCUT2D eigenvalue weighted by atomic mass is 10.1. The molecule has 0 radical (unpaired) electrons. The minimum atomic E-state index is -4.37. The van der Waals surface area contributed by atoms with E-state index in [1.807, 2.05) is 0 Å². The van der Waals surface area contributed by atoms with Crippen LogP contribution in [0.2, 0.25) is 0 Å². The maximum absolute atomic E-state index is 12.5. The highest BCUT2D eigenvalue weighted by Gasteiger charge is 2.25. The Morgan fingerprint density at radius 3 is 1.67 bits per heavy atom. The number of hydrogen-bond donors (Lipinski definition) is 2. The van der Waals surface area contributed by atoms with Crippen molar-refractivity contribution in [2.45, 2.75) is 168 Å². The number of unbranched alkanes of at least 4 members (excludes halogenated alkanes) is 16. The van der Waals surface area contributed by atoms with E-state index in [1.165, 1.54) is 44.9 Å². The van der Waals surface area contributed by atoms with E-state index in [-0.39, 0.29) is 32.6 Å². The summed E-state index contributed by atoms with van der Waals surface area (Å²) in [6, 6.07) is 0. The molecule has 0 saturated heterocycles. The van der Waals surface area contributed by atoms with Crippen molar-refractivity contribution in [1.82, 2.24) is 0 Å². The van der Waals surface area contributed by atoms with Gasteiger partial charge in [-0.3, -0.25) is 18.6 Å². The van der Waals surface area contributed by atoms with Gasteiger partial charge in [-0.05, 0) is 64.2 Å². The van der Waals surface area contributed by atoms with Gasteiger partial charge in [-0.1, -0.05) is 121 Å². The van der Waals surface area contributed by atoms with Gasteiger partial charge in [-0.15, -0.1) is 0 Å². The number of allylic oxidation sites excluding steroid dienone is 6. The van der Waals surface area contributed by atoms with E-state index >= 15 is 0 Å². The first-order chi connectivity index (χ1) is 23.3. The first kappa shape index (κ1) is 46.2. The first-order valence-corrected chi connectivity index (χ1v) is 20.5. The summed E-state index contributed by atoms with van der Waals surface area (Å²) in [5, 5.41) is 0. The number of carbonyl (C=O) groups is 2. The van der Waals surface area contributed by atoms with Crippen LogP contribution >= 0.6 is 7.82 Å². The lowest BCUT2D eigenvalue weighted by molar-refractivity contribution is -0.161. The standard InChI is InChI=1S/C38H70NO8P/c1-3-5-7-9-11-13-15-16-17-18-19-21-23-25-27-29-31-38(41)47-36(35-46-48(42,43)45-33-32-39)34-44-37(40)30-28-26-24-22-20-14-12-10-8-6-4-2/h10,12-13,15,17-18,36H,3-9,11,14,16,19-35,39H2,1-2H3,(H,42,43)/b12-10-,15-13-,18-17-. The number of nitrogens with two attached hydrogens (primary N) is 1. The van der Waals surface area contributed by atoms with E-state index in [1.54, 1.807) is 0 Å². The molecular weight excluding hydrogens is 629 g/mol. The lowest BCUT2D eigenvalue weighted by Gasteiger charge is -2.19. The molecular formula is C38H70NO8P. The second-order valence-corrected chi connectivity index (χ2v) is 13.9. The Labute approximate surface area is 293 Å². The zero-order valence-electron chi connectivity index (χ0n) is 30.5. The molecule has 0 aromatic rings. The fraction of sp³-hybridized carbons (Fsp3) is 0.789. The normalized spacial score (nSPS) is 13.8. The van der Waals surface area contributed by atoms with E-state index in [2.05, 4.69) is 50.3 Å². The van der Waals surface area contributed by atoms with E-state index in [0.29, 0.717) is 6.42 Å². The Morgan fingerprint density at radius 2 is 1.10 bits per heavy atom. The van der Waals surface area contributed by atoms with Crippen molar-refractivity contribution in [3.63, 3.8) is 0 Å². The summed E-state index contributed by atoms with van der Waals surface area (Å²) in [4.78, 5) is 34.7. The highest BCUT2D eigenvalue weighted by Crippen LogP contribution is 2.43. The SMILES string of the molecule is CCCC/C=C\CCCCCCCC(=O)OCC(COP(=O)(O)OCCN)OC(=O)CCCCCCC/C=C\C/C=C\CCCCCC. The second kappa shape index (κ2) is 35.1. The van der Waals surface area contributed by atoms with Gasteiger partial charge in [0.25, 0.3) is 0 Å². The summed E-state index contributed by atoms with van der Waals surface area (Å²) >= 11 is 0. The molecule has 2 unspecified atom stereocenters. The molecule has 2 atom stereocenters. The van der Waals surface area contributed by atoms with Crippen molar-refractivity contribution < 1.29 is 37.6 Å². The number of phosphoric ester groups is 1. The molecule has 0 amide bonds. The van der Waals surface area contributed by atoms with Crippen LogP contribution < -0.4 is 5.73 Å². The zero-order valence-corrected chi connectivity index (χ0v) is 31.4. The number of rotatable bonds is 35. The van der Waals surface area contributed by atoms with Gasteiger partial charge in [0.2, 0.25) is 0 Å². The summed E-state index contributed by atoms with van der Waals surface area (Å²) in [5.74, 6) is -0.859. The molecule has 0 aliphatic heterocycles. The molecule has 280 valence electrons. The Morgan fingerprint density at radius 1 is 0.625 bits per heavy atom. The number of ether oxygens (including phenoxy) is 2. The number of hydrogen-bond acceptors (Lipinski definition) is 8. The smallest absolute Gasteiger partial charge is 0.462 e. The number of phosphoric acid groups is 1. The fourth-order valence-electron chi connectivity index (χ4n) is 4.88. The Balaban J connectivity index is 4.26. The molecule has 0 aromatic heterocycles. The van der Waals surface area contributed by atoms with Crippen LogP contribution in [0.25, 0.3) is 0 Å². The van der Waals surface area contributed by atoms with Crippen molar-refractivity contribution in [3.05, 3.63) is 36.5 Å². The first-order valence-electron chi connectivity index (χ1n) is 19.0. The average molecular weight is 700 g/mol. The monoisotopic (exact) mass is 699 g/mol. The van der Waals surface area contributed by atoms with Crippen LogP contribution in [0.5, 0.6) is 0 Å². The highest BCUT2D eigenvalue weighted by atomic mass is 31.2. The van der Waals surface area contributed by atoms with E-state index < -0.39 is 32.5 Å². The molecule has 0 spiro atoms. The Bertz CT molecular complexity index is 892. The van der Waals surface area contributed by atoms with Gasteiger partial charge in [0.05, 0.1) is 13.2 Å². The molecule has 0 rings (SSSR count). The molecule has 3 N–H and O–H groups in total. The summed E-state index contributed by atoms with van der Waals surface area (Å²) in [7, 11) is -4.37. The number of esters is 2. The third-order valence-corrected chi connectivity index (χ3v) is 8.73. The van der Waals surface area contributed by atoms with Gasteiger partial charge in [0.15, 0.2) is 6.10 Å². The molecule has 0 fully saturated rings. The molecule has 0 aliphatic carbocycles. The Kier molecular flexibility index (Phi) is 33.8. The quantitative estimate of drug-likeness (QED) is 0.0287. The van der Waals surface area contributed by atoms with Crippen molar-refractivity contribution in [1.29, 1.82) is 0 Å². The predicted molar refractivity (Wildman–Crippen MR) is 197 cm³/mol. The maximum Gasteiger partial charge on any atom is 0.472 e. The van der Waals surface area contributed by atoms with Crippen LogP contribution in [-0.4, -0.2) is 49.3 Å². The van der Waals surface area contributed by atoms with E-state index in [0.717, 1.165) is 83.5 Å². The van der Waals surface area contributed by atoms with Gasteiger partial charge in [-0.25, -0.2) is 4.57 Å². The second-order valence-electron chi connectivity index (χ2n) is 12.4. The van der Waals surface area contributed by atoms with Crippen molar-refractivity contribution in [2.75, 3.05) is 26.4 Å². The maximum atomic E-state index is 12.5. The van der Waals surface area contributed by atoms with Crippen LogP contribution in [0.15, 0.2) is 36.5 Å². The third-order valence-electron chi connectivity index (χ3n) is 7.75. The highest BCUT2D eigenvalue weighted by molar-refractivity contribution is 7.47. The summed E-state index contributed by atoms with van der Waals surface area (Å²) in [6.45, 7) is 3.63. The summed E-state index contributed by atoms with van der Waals surface area (Å²) in [5.41, 5.74) is 5.32. The van der Waals surface area contributed by atoms with Gasteiger partial charge in [-0.2, -0.15) is 0 Å². The van der Waals surface area contributed by atoms with Crippen molar-refractivity contribution in [3.8, 4) is 0 Å². The molecule has 48 heavy (non-hydrogen) atoms. The minimum absolute atomic E-state index is 0.0492. The molecule has 0 saturated carbocycles. The van der Waals surface area contributed by atoms with Gasteiger partial charge < -0.3 is 20.1 Å². The topological polar surface area (TPSA) is 134 Å². The molecule has 0 heterocycles. The van der Waals surface area contributed by atoms with Crippen LogP contribution in [0.3, 0.4) is 0 Å². The Hall–Kier alpha value is -1.77. The third kappa shape index (κ3) is 34.1. The fourth-order valence-corrected chi connectivity index (χ4v) is 5.64. The number of carbonyl (C=O) groups excluding carboxylic acids is 2. The molecule has 0 bridgehead atoms. The molecule has 0 aromatic carbocycles. The molecule has 10 heteroatoms. The van der Waals surface area contributed by atoms with Gasteiger partial charge in [0.1, 0.15) is 6.61 Å². The van der Waals surface area contributed by atoms with Crippen LogP contribution in [-0.2, 0) is 32.7 Å². The zero-order chi connectivity index (χ0) is 35.4.